The van der Waals surface area contributed by atoms with Crippen molar-refractivity contribution in [1.29, 1.82) is 0 Å². The molecule has 2 rings (SSSR count). The van der Waals surface area contributed by atoms with Gasteiger partial charge in [-0.15, -0.1) is 0 Å². The minimum atomic E-state index is -1.07. The van der Waals surface area contributed by atoms with E-state index in [9.17, 15) is 4.79 Å². The SMILES string of the molecule is COC1(C)CC(Nc2cnc(C(=O)O)cn2)C1(C)C. The van der Waals surface area contributed by atoms with E-state index in [2.05, 4.69) is 36.1 Å². The third-order valence-corrected chi connectivity index (χ3v) is 4.47. The summed E-state index contributed by atoms with van der Waals surface area (Å²) in [6, 6.07) is 0.224. The monoisotopic (exact) mass is 265 g/mol. The van der Waals surface area contributed by atoms with Crippen LogP contribution in [0.4, 0.5) is 5.82 Å². The van der Waals surface area contributed by atoms with E-state index in [1.165, 1.54) is 12.4 Å². The van der Waals surface area contributed by atoms with Crippen LogP contribution in [0.25, 0.3) is 0 Å². The van der Waals surface area contributed by atoms with E-state index in [0.717, 1.165) is 6.42 Å². The Morgan fingerprint density at radius 1 is 1.42 bits per heavy atom. The number of hydrogen-bond donors (Lipinski definition) is 2. The number of carboxylic acid groups (broad SMARTS) is 1. The highest BCUT2D eigenvalue weighted by Gasteiger charge is 2.57. The van der Waals surface area contributed by atoms with Gasteiger partial charge in [-0.3, -0.25) is 0 Å². The molecular weight excluding hydrogens is 246 g/mol. The van der Waals surface area contributed by atoms with Gasteiger partial charge in [-0.05, 0) is 13.3 Å². The standard InChI is InChI=1S/C13H19N3O3/c1-12(2)9(5-13(12,3)19-4)16-10-7-14-8(6-15-10)11(17)18/h6-7,9H,5H2,1-4H3,(H,15,16)(H,17,18). The lowest BCUT2D eigenvalue weighted by molar-refractivity contribution is -0.166. The smallest absolute Gasteiger partial charge is 0.356 e. The molecule has 1 aromatic rings. The van der Waals surface area contributed by atoms with Crippen molar-refractivity contribution in [3.8, 4) is 0 Å². The third-order valence-electron chi connectivity index (χ3n) is 4.47. The second-order valence-electron chi connectivity index (χ2n) is 5.65. The molecule has 1 aliphatic rings. The van der Waals surface area contributed by atoms with Crippen molar-refractivity contribution in [2.45, 2.75) is 38.8 Å². The molecule has 1 saturated carbocycles. The first-order chi connectivity index (χ1) is 8.80. The molecule has 0 amide bonds. The fourth-order valence-corrected chi connectivity index (χ4v) is 2.41. The summed E-state index contributed by atoms with van der Waals surface area (Å²) in [5, 5.41) is 12.0. The lowest BCUT2D eigenvalue weighted by Crippen LogP contribution is -2.65. The number of nitrogens with zero attached hydrogens (tertiary/aromatic N) is 2. The van der Waals surface area contributed by atoms with Gasteiger partial charge in [-0.25, -0.2) is 14.8 Å². The maximum Gasteiger partial charge on any atom is 0.356 e. The predicted octanol–water partition coefficient (Wildman–Crippen LogP) is 1.79. The minimum absolute atomic E-state index is 0.0328. The second kappa shape index (κ2) is 4.45. The zero-order chi connectivity index (χ0) is 14.3. The van der Waals surface area contributed by atoms with Crippen molar-refractivity contribution >= 4 is 11.8 Å². The molecule has 0 bridgehead atoms. The molecule has 2 N–H and O–H groups in total. The van der Waals surface area contributed by atoms with E-state index < -0.39 is 5.97 Å². The summed E-state index contributed by atoms with van der Waals surface area (Å²) in [6.45, 7) is 6.36. The fourth-order valence-electron chi connectivity index (χ4n) is 2.41. The van der Waals surface area contributed by atoms with Gasteiger partial charge in [-0.1, -0.05) is 13.8 Å². The third kappa shape index (κ3) is 2.16. The Morgan fingerprint density at radius 2 is 2.11 bits per heavy atom. The summed E-state index contributed by atoms with van der Waals surface area (Å²) >= 11 is 0. The molecule has 0 aromatic carbocycles. The molecule has 104 valence electrons. The van der Waals surface area contributed by atoms with Gasteiger partial charge in [0.2, 0.25) is 0 Å². The van der Waals surface area contributed by atoms with Crippen LogP contribution in [0.5, 0.6) is 0 Å². The highest BCUT2D eigenvalue weighted by Crippen LogP contribution is 2.52. The second-order valence-corrected chi connectivity index (χ2v) is 5.65. The van der Waals surface area contributed by atoms with Crippen LogP contribution < -0.4 is 5.32 Å². The molecule has 6 nitrogen and oxygen atoms in total. The fraction of sp³-hybridized carbons (Fsp3) is 0.615. The molecule has 0 spiro atoms. The summed E-state index contributed by atoms with van der Waals surface area (Å²) in [7, 11) is 1.72. The van der Waals surface area contributed by atoms with E-state index in [-0.39, 0.29) is 22.8 Å². The van der Waals surface area contributed by atoms with E-state index in [0.29, 0.717) is 5.82 Å². The number of aromatic nitrogens is 2. The van der Waals surface area contributed by atoms with Crippen LogP contribution >= 0.6 is 0 Å². The largest absolute Gasteiger partial charge is 0.476 e. The molecule has 2 atom stereocenters. The number of anilines is 1. The zero-order valence-corrected chi connectivity index (χ0v) is 11.6. The van der Waals surface area contributed by atoms with Crippen LogP contribution in [0.1, 0.15) is 37.7 Å². The van der Waals surface area contributed by atoms with E-state index in [4.69, 9.17) is 9.84 Å². The van der Waals surface area contributed by atoms with Crippen molar-refractivity contribution in [1.82, 2.24) is 9.97 Å². The molecule has 19 heavy (non-hydrogen) atoms. The van der Waals surface area contributed by atoms with Crippen LogP contribution in [0, 0.1) is 5.41 Å². The van der Waals surface area contributed by atoms with Gasteiger partial charge in [0.25, 0.3) is 0 Å². The first-order valence-corrected chi connectivity index (χ1v) is 6.17. The number of carboxylic acids is 1. The molecule has 6 heteroatoms. The van der Waals surface area contributed by atoms with Gasteiger partial charge in [0.05, 0.1) is 18.0 Å². The molecule has 0 aliphatic heterocycles. The zero-order valence-electron chi connectivity index (χ0n) is 11.6. The van der Waals surface area contributed by atoms with Crippen LogP contribution in [0.2, 0.25) is 0 Å². The van der Waals surface area contributed by atoms with E-state index in [1.54, 1.807) is 7.11 Å². The molecule has 1 heterocycles. The van der Waals surface area contributed by atoms with Crippen LogP contribution in [-0.4, -0.2) is 39.8 Å². The van der Waals surface area contributed by atoms with E-state index in [1.807, 2.05) is 0 Å². The summed E-state index contributed by atoms with van der Waals surface area (Å²) in [5.74, 6) is -0.490. The van der Waals surface area contributed by atoms with Crippen LogP contribution in [0.15, 0.2) is 12.4 Å². The maximum atomic E-state index is 10.7. The average Bonchev–Trinajstić information content (AvgIpc) is 2.38. The number of rotatable bonds is 4. The van der Waals surface area contributed by atoms with Crippen LogP contribution in [-0.2, 0) is 4.74 Å². The molecule has 1 aliphatic carbocycles. The summed E-state index contributed by atoms with van der Waals surface area (Å²) < 4.78 is 5.55. The normalized spacial score (nSPS) is 28.5. The highest BCUT2D eigenvalue weighted by atomic mass is 16.5. The van der Waals surface area contributed by atoms with Gasteiger partial charge in [-0.2, -0.15) is 0 Å². The Kier molecular flexibility index (Phi) is 3.22. The molecule has 1 aromatic heterocycles. The number of hydrogen-bond acceptors (Lipinski definition) is 5. The number of carbonyl (C=O) groups is 1. The van der Waals surface area contributed by atoms with Gasteiger partial charge < -0.3 is 15.2 Å². The Hall–Kier alpha value is -1.69. The number of ether oxygens (including phenoxy) is 1. The first kappa shape index (κ1) is 13.7. The topological polar surface area (TPSA) is 84.3 Å². The lowest BCUT2D eigenvalue weighted by Gasteiger charge is -2.59. The Morgan fingerprint density at radius 3 is 2.53 bits per heavy atom. The summed E-state index contributed by atoms with van der Waals surface area (Å²) in [6.07, 6.45) is 3.58. The quantitative estimate of drug-likeness (QED) is 0.863. The highest BCUT2D eigenvalue weighted by molar-refractivity contribution is 5.84. The molecule has 1 fully saturated rings. The summed E-state index contributed by atoms with van der Waals surface area (Å²) in [4.78, 5) is 18.6. The van der Waals surface area contributed by atoms with Gasteiger partial charge in [0.15, 0.2) is 5.69 Å². The van der Waals surface area contributed by atoms with Gasteiger partial charge in [0.1, 0.15) is 5.82 Å². The molecular formula is C13H19N3O3. The Bertz CT molecular complexity index is 486. The number of methoxy groups -OCH3 is 1. The lowest BCUT2D eigenvalue weighted by atomic mass is 9.56. The van der Waals surface area contributed by atoms with Gasteiger partial charge >= 0.3 is 5.97 Å². The van der Waals surface area contributed by atoms with Crippen molar-refractivity contribution in [2.24, 2.45) is 5.41 Å². The Balaban J connectivity index is 2.06. The summed E-state index contributed by atoms with van der Waals surface area (Å²) in [5.41, 5.74) is -0.242. The predicted molar refractivity (Wildman–Crippen MR) is 70.2 cm³/mol. The van der Waals surface area contributed by atoms with Crippen molar-refractivity contribution < 1.29 is 14.6 Å². The average molecular weight is 265 g/mol. The maximum absolute atomic E-state index is 10.7. The van der Waals surface area contributed by atoms with Crippen LogP contribution in [0.3, 0.4) is 0 Å². The molecule has 0 saturated heterocycles. The van der Waals surface area contributed by atoms with Crippen molar-refractivity contribution in [3.05, 3.63) is 18.1 Å². The Labute approximate surface area is 112 Å². The number of nitrogens with one attached hydrogen (secondary N) is 1. The first-order valence-electron chi connectivity index (χ1n) is 6.17. The number of aromatic carboxylic acids is 1. The van der Waals surface area contributed by atoms with Crippen molar-refractivity contribution in [2.75, 3.05) is 12.4 Å². The van der Waals surface area contributed by atoms with E-state index >= 15 is 0 Å². The minimum Gasteiger partial charge on any atom is -0.476 e. The molecule has 0 radical (unpaired) electrons. The van der Waals surface area contributed by atoms with Gasteiger partial charge in [0, 0.05) is 18.6 Å². The molecule has 2 unspecified atom stereocenters. The van der Waals surface area contributed by atoms with Crippen molar-refractivity contribution in [3.63, 3.8) is 0 Å².